The van der Waals surface area contributed by atoms with Crippen LogP contribution in [0.4, 0.5) is 0 Å². The number of aliphatic hydroxyl groups excluding tert-OH is 1. The predicted octanol–water partition coefficient (Wildman–Crippen LogP) is 2.17. The molecule has 0 saturated heterocycles. The first-order chi connectivity index (χ1) is 6.58. The molecule has 0 heterocycles. The Morgan fingerprint density at radius 2 is 1.79 bits per heavy atom. The summed E-state index contributed by atoms with van der Waals surface area (Å²) in [5, 5.41) is 12.7. The molecule has 84 valence electrons. The average molecular weight is 199 g/mol. The summed E-state index contributed by atoms with van der Waals surface area (Å²) in [6.07, 6.45) is 4.71. The van der Waals surface area contributed by atoms with E-state index in [-0.39, 0.29) is 6.10 Å². The molecule has 0 spiro atoms. The van der Waals surface area contributed by atoms with Gasteiger partial charge in [0.15, 0.2) is 0 Å². The monoisotopic (exact) mass is 199 g/mol. The highest BCUT2D eigenvalue weighted by Gasteiger charge is 2.23. The van der Waals surface area contributed by atoms with Crippen LogP contribution in [0.1, 0.15) is 46.5 Å². The Kier molecular flexibility index (Phi) is 4.90. The standard InChI is InChI=1S/C12H25NO/c1-9-6-10(2)8-12(7-9)13-5-4-11(3)14/h9-14H,4-8H2,1-3H3/t9-,10-,11-/m0/s1. The van der Waals surface area contributed by atoms with E-state index in [9.17, 15) is 0 Å². The van der Waals surface area contributed by atoms with Crippen molar-refractivity contribution in [1.29, 1.82) is 0 Å². The van der Waals surface area contributed by atoms with E-state index >= 15 is 0 Å². The summed E-state index contributed by atoms with van der Waals surface area (Å²) in [5.41, 5.74) is 0. The first-order valence-corrected chi connectivity index (χ1v) is 5.99. The molecule has 2 heteroatoms. The summed E-state index contributed by atoms with van der Waals surface area (Å²) in [6, 6.07) is 0.687. The van der Waals surface area contributed by atoms with E-state index in [1.54, 1.807) is 0 Å². The van der Waals surface area contributed by atoms with Crippen LogP contribution in [-0.4, -0.2) is 23.8 Å². The van der Waals surface area contributed by atoms with Gasteiger partial charge < -0.3 is 10.4 Å². The zero-order valence-corrected chi connectivity index (χ0v) is 9.79. The van der Waals surface area contributed by atoms with E-state index in [4.69, 9.17) is 5.11 Å². The minimum atomic E-state index is -0.166. The second-order valence-electron chi connectivity index (χ2n) is 5.21. The number of nitrogens with one attached hydrogen (secondary N) is 1. The predicted molar refractivity (Wildman–Crippen MR) is 60.3 cm³/mol. The minimum absolute atomic E-state index is 0.166. The smallest absolute Gasteiger partial charge is 0.0524 e. The molecule has 1 aliphatic rings. The molecule has 2 N–H and O–H groups in total. The molecule has 1 saturated carbocycles. The molecule has 1 fully saturated rings. The van der Waals surface area contributed by atoms with Gasteiger partial charge in [-0.15, -0.1) is 0 Å². The second-order valence-corrected chi connectivity index (χ2v) is 5.21. The molecule has 1 rings (SSSR count). The summed E-state index contributed by atoms with van der Waals surface area (Å²) in [7, 11) is 0. The van der Waals surface area contributed by atoms with E-state index in [1.165, 1.54) is 19.3 Å². The van der Waals surface area contributed by atoms with Gasteiger partial charge in [-0.05, 0) is 51.0 Å². The van der Waals surface area contributed by atoms with Gasteiger partial charge in [-0.25, -0.2) is 0 Å². The molecular formula is C12H25NO. The van der Waals surface area contributed by atoms with Gasteiger partial charge in [-0.3, -0.25) is 0 Å². The van der Waals surface area contributed by atoms with Gasteiger partial charge in [0.25, 0.3) is 0 Å². The summed E-state index contributed by atoms with van der Waals surface area (Å²) in [6.45, 7) is 7.51. The van der Waals surface area contributed by atoms with Crippen molar-refractivity contribution in [3.05, 3.63) is 0 Å². The van der Waals surface area contributed by atoms with E-state index in [0.717, 1.165) is 24.8 Å². The van der Waals surface area contributed by atoms with Gasteiger partial charge in [-0.1, -0.05) is 13.8 Å². The van der Waals surface area contributed by atoms with Crippen molar-refractivity contribution in [2.24, 2.45) is 11.8 Å². The Morgan fingerprint density at radius 3 is 2.29 bits per heavy atom. The van der Waals surface area contributed by atoms with Crippen molar-refractivity contribution in [1.82, 2.24) is 5.32 Å². The average Bonchev–Trinajstić information content (AvgIpc) is 2.01. The van der Waals surface area contributed by atoms with Crippen LogP contribution in [0.25, 0.3) is 0 Å². The molecule has 0 aromatic carbocycles. The third-order valence-corrected chi connectivity index (χ3v) is 3.17. The van der Waals surface area contributed by atoms with Gasteiger partial charge in [0.05, 0.1) is 6.10 Å². The molecule has 1 aliphatic carbocycles. The van der Waals surface area contributed by atoms with Crippen LogP contribution in [0.5, 0.6) is 0 Å². The topological polar surface area (TPSA) is 32.3 Å². The van der Waals surface area contributed by atoms with Gasteiger partial charge >= 0.3 is 0 Å². The fourth-order valence-electron chi connectivity index (χ4n) is 2.61. The van der Waals surface area contributed by atoms with E-state index < -0.39 is 0 Å². The lowest BCUT2D eigenvalue weighted by Crippen LogP contribution is -2.37. The molecule has 0 aliphatic heterocycles. The minimum Gasteiger partial charge on any atom is -0.393 e. The normalized spacial score (nSPS) is 35.6. The van der Waals surface area contributed by atoms with Crippen LogP contribution in [0.3, 0.4) is 0 Å². The third kappa shape index (κ3) is 4.43. The van der Waals surface area contributed by atoms with Crippen LogP contribution >= 0.6 is 0 Å². The zero-order chi connectivity index (χ0) is 10.6. The van der Waals surface area contributed by atoms with Gasteiger partial charge in [-0.2, -0.15) is 0 Å². The number of hydrogen-bond donors (Lipinski definition) is 2. The first kappa shape index (κ1) is 12.0. The van der Waals surface area contributed by atoms with Crippen LogP contribution in [0, 0.1) is 11.8 Å². The molecule has 0 amide bonds. The van der Waals surface area contributed by atoms with Crippen molar-refractivity contribution in [2.75, 3.05) is 6.54 Å². The van der Waals surface area contributed by atoms with Crippen molar-refractivity contribution in [2.45, 2.75) is 58.6 Å². The fourth-order valence-corrected chi connectivity index (χ4v) is 2.61. The lowest BCUT2D eigenvalue weighted by Gasteiger charge is -2.32. The van der Waals surface area contributed by atoms with Crippen LogP contribution in [0.2, 0.25) is 0 Å². The Hall–Kier alpha value is -0.0800. The second kappa shape index (κ2) is 5.72. The molecule has 0 unspecified atom stereocenters. The van der Waals surface area contributed by atoms with Crippen LogP contribution < -0.4 is 5.32 Å². The number of aliphatic hydroxyl groups is 1. The Bertz CT molecular complexity index is 148. The van der Waals surface area contributed by atoms with Crippen LogP contribution in [-0.2, 0) is 0 Å². The SMILES string of the molecule is C[C@@H]1CC(NCC[C@H](C)O)C[C@@H](C)C1. The Morgan fingerprint density at radius 1 is 1.21 bits per heavy atom. The van der Waals surface area contributed by atoms with Gasteiger partial charge in [0.2, 0.25) is 0 Å². The fraction of sp³-hybridized carbons (Fsp3) is 1.00. The van der Waals surface area contributed by atoms with Crippen molar-refractivity contribution < 1.29 is 5.11 Å². The highest BCUT2D eigenvalue weighted by atomic mass is 16.3. The zero-order valence-electron chi connectivity index (χ0n) is 9.79. The van der Waals surface area contributed by atoms with Crippen molar-refractivity contribution >= 4 is 0 Å². The van der Waals surface area contributed by atoms with E-state index in [1.807, 2.05) is 6.92 Å². The first-order valence-electron chi connectivity index (χ1n) is 5.99. The molecular weight excluding hydrogens is 174 g/mol. The van der Waals surface area contributed by atoms with Crippen molar-refractivity contribution in [3.63, 3.8) is 0 Å². The van der Waals surface area contributed by atoms with Crippen molar-refractivity contribution in [3.8, 4) is 0 Å². The largest absolute Gasteiger partial charge is 0.393 e. The summed E-state index contributed by atoms with van der Waals surface area (Å²) in [5.74, 6) is 1.73. The lowest BCUT2D eigenvalue weighted by atomic mass is 9.80. The highest BCUT2D eigenvalue weighted by molar-refractivity contribution is 4.79. The maximum Gasteiger partial charge on any atom is 0.0524 e. The number of hydrogen-bond acceptors (Lipinski definition) is 2. The third-order valence-electron chi connectivity index (χ3n) is 3.17. The van der Waals surface area contributed by atoms with E-state index in [2.05, 4.69) is 19.2 Å². The molecule has 0 bridgehead atoms. The number of rotatable bonds is 4. The molecule has 3 atom stereocenters. The van der Waals surface area contributed by atoms with Gasteiger partial charge in [0, 0.05) is 6.04 Å². The lowest BCUT2D eigenvalue weighted by molar-refractivity contribution is 0.175. The van der Waals surface area contributed by atoms with Crippen LogP contribution in [0.15, 0.2) is 0 Å². The molecule has 0 aromatic heterocycles. The Balaban J connectivity index is 2.17. The molecule has 0 radical (unpaired) electrons. The van der Waals surface area contributed by atoms with Gasteiger partial charge in [0.1, 0.15) is 0 Å². The maximum atomic E-state index is 9.15. The highest BCUT2D eigenvalue weighted by Crippen LogP contribution is 2.28. The Labute approximate surface area is 88.1 Å². The summed E-state index contributed by atoms with van der Waals surface area (Å²) in [4.78, 5) is 0. The summed E-state index contributed by atoms with van der Waals surface area (Å²) >= 11 is 0. The molecule has 14 heavy (non-hydrogen) atoms. The van der Waals surface area contributed by atoms with E-state index in [0.29, 0.717) is 6.04 Å². The quantitative estimate of drug-likeness (QED) is 0.727. The summed E-state index contributed by atoms with van der Waals surface area (Å²) < 4.78 is 0. The molecule has 0 aromatic rings. The maximum absolute atomic E-state index is 9.15. The molecule has 2 nitrogen and oxygen atoms in total.